The lowest BCUT2D eigenvalue weighted by molar-refractivity contribution is -0.135. The number of alkyl halides is 3. The highest BCUT2D eigenvalue weighted by molar-refractivity contribution is 6.06. The van der Waals surface area contributed by atoms with E-state index in [4.69, 9.17) is 5.73 Å². The predicted molar refractivity (Wildman–Crippen MR) is 113 cm³/mol. The van der Waals surface area contributed by atoms with Crippen LogP contribution in [0.2, 0.25) is 0 Å². The van der Waals surface area contributed by atoms with Crippen molar-refractivity contribution in [1.82, 2.24) is 20.4 Å². The van der Waals surface area contributed by atoms with Gasteiger partial charge < -0.3 is 16.4 Å². The number of halogens is 3. The monoisotopic (exact) mass is 455 g/mol. The maximum absolute atomic E-state index is 13.0. The van der Waals surface area contributed by atoms with Crippen LogP contribution in [0.25, 0.3) is 10.9 Å². The van der Waals surface area contributed by atoms with Crippen LogP contribution in [0.5, 0.6) is 0 Å². The largest absolute Gasteiger partial charge is 0.389 e. The Labute approximate surface area is 183 Å². The quantitative estimate of drug-likeness (QED) is 0.504. The van der Waals surface area contributed by atoms with Gasteiger partial charge in [-0.2, -0.15) is 18.3 Å². The number of carbonyl (C=O) groups excluding carboxylic acids is 3. The molecular weight excluding hydrogens is 427 g/mol. The van der Waals surface area contributed by atoms with Crippen LogP contribution in [0.3, 0.4) is 0 Å². The van der Waals surface area contributed by atoms with Crippen molar-refractivity contribution in [2.45, 2.75) is 58.8 Å². The van der Waals surface area contributed by atoms with E-state index in [1.165, 1.54) is 4.68 Å². The van der Waals surface area contributed by atoms with Crippen molar-refractivity contribution in [3.8, 4) is 0 Å². The van der Waals surface area contributed by atoms with Crippen LogP contribution in [0.15, 0.2) is 24.3 Å². The van der Waals surface area contributed by atoms with Crippen LogP contribution in [0.1, 0.15) is 50.5 Å². The molecule has 1 aromatic carbocycles. The Hall–Kier alpha value is -3.11. The topological polar surface area (TPSA) is 119 Å². The van der Waals surface area contributed by atoms with E-state index < -0.39 is 41.8 Å². The number of nitrogens with two attached hydrogens (primary N) is 1. The number of unbranched alkanes of at least 4 members (excludes halogenated alkanes) is 1. The lowest BCUT2D eigenvalue weighted by Crippen LogP contribution is -2.54. The zero-order chi connectivity index (χ0) is 24.1. The third kappa shape index (κ3) is 6.96. The van der Waals surface area contributed by atoms with Gasteiger partial charge in [-0.05, 0) is 24.3 Å². The zero-order valence-electron chi connectivity index (χ0n) is 18.3. The number of hydrogen-bond acceptors (Lipinski definition) is 4. The van der Waals surface area contributed by atoms with Crippen molar-refractivity contribution in [2.24, 2.45) is 11.1 Å². The number of fused-ring (bicyclic) bond motifs is 1. The van der Waals surface area contributed by atoms with Crippen LogP contribution in [-0.2, 0) is 16.1 Å². The number of para-hydroxylation sites is 1. The Morgan fingerprint density at radius 3 is 2.38 bits per heavy atom. The Kier molecular flexibility index (Phi) is 7.87. The van der Waals surface area contributed by atoms with E-state index in [0.717, 1.165) is 0 Å². The van der Waals surface area contributed by atoms with E-state index in [0.29, 0.717) is 10.9 Å². The molecule has 1 aromatic heterocycles. The summed E-state index contributed by atoms with van der Waals surface area (Å²) in [6.07, 6.45) is -4.90. The second-order valence-corrected chi connectivity index (χ2v) is 8.62. The maximum atomic E-state index is 13.0. The van der Waals surface area contributed by atoms with Gasteiger partial charge in [0.25, 0.3) is 5.91 Å². The van der Waals surface area contributed by atoms with Gasteiger partial charge in [0.2, 0.25) is 11.8 Å². The molecule has 176 valence electrons. The second kappa shape index (κ2) is 10.0. The number of aryl methyl sites for hydroxylation is 1. The van der Waals surface area contributed by atoms with Crippen LogP contribution >= 0.6 is 0 Å². The summed E-state index contributed by atoms with van der Waals surface area (Å²) in [5, 5.41) is 9.88. The molecule has 1 unspecified atom stereocenters. The van der Waals surface area contributed by atoms with Crippen LogP contribution in [0, 0.1) is 5.41 Å². The number of hydrogen-bond donors (Lipinski definition) is 3. The van der Waals surface area contributed by atoms with Crippen molar-refractivity contribution >= 4 is 28.6 Å². The normalized spacial score (nSPS) is 13.1. The molecule has 1 atom stereocenters. The van der Waals surface area contributed by atoms with Gasteiger partial charge in [-0.1, -0.05) is 39.0 Å². The molecule has 8 nitrogen and oxygen atoms in total. The Morgan fingerprint density at radius 1 is 1.12 bits per heavy atom. The molecule has 2 rings (SSSR count). The molecule has 3 amide bonds. The molecule has 0 saturated heterocycles. The fourth-order valence-corrected chi connectivity index (χ4v) is 3.20. The maximum Gasteiger partial charge on any atom is 0.389 e. The van der Waals surface area contributed by atoms with Gasteiger partial charge in [0.05, 0.1) is 12.1 Å². The highest BCUT2D eigenvalue weighted by Crippen LogP contribution is 2.24. The fraction of sp³-hybridized carbons (Fsp3) is 0.524. The minimum Gasteiger partial charge on any atom is -0.368 e. The van der Waals surface area contributed by atoms with Gasteiger partial charge in [-0.25, -0.2) is 0 Å². The summed E-state index contributed by atoms with van der Waals surface area (Å²) >= 11 is 0. The average molecular weight is 455 g/mol. The van der Waals surface area contributed by atoms with E-state index in [1.807, 2.05) is 0 Å². The molecule has 32 heavy (non-hydrogen) atoms. The number of amides is 3. The molecule has 0 bridgehead atoms. The first-order valence-electron chi connectivity index (χ1n) is 10.2. The lowest BCUT2D eigenvalue weighted by atomic mass is 9.86. The molecule has 4 N–H and O–H groups in total. The van der Waals surface area contributed by atoms with Crippen LogP contribution < -0.4 is 16.4 Å². The average Bonchev–Trinajstić information content (AvgIpc) is 3.04. The summed E-state index contributed by atoms with van der Waals surface area (Å²) in [4.78, 5) is 36.5. The molecule has 0 spiro atoms. The standard InChI is InChI=1S/C21H28F3N5O3/c1-20(2,3)17(19(32)26-12-15(25)30)27-18(31)16-13-8-4-5-9-14(13)29(28-16)11-7-6-10-21(22,23)24/h4-5,8-9,17H,6-7,10-12H2,1-3H3,(H2,25,30)(H,26,32)(H,27,31). The molecule has 0 saturated carbocycles. The fourth-order valence-electron chi connectivity index (χ4n) is 3.20. The summed E-state index contributed by atoms with van der Waals surface area (Å²) in [5.41, 5.74) is 5.05. The van der Waals surface area contributed by atoms with Gasteiger partial charge in [0, 0.05) is 18.4 Å². The second-order valence-electron chi connectivity index (χ2n) is 8.62. The number of rotatable bonds is 9. The molecular formula is C21H28F3N5O3. The number of nitrogens with one attached hydrogen (secondary N) is 2. The molecule has 0 aliphatic heterocycles. The number of primary amides is 1. The molecule has 0 aliphatic rings. The predicted octanol–water partition coefficient (Wildman–Crippen LogP) is 2.51. The number of carbonyl (C=O) groups is 3. The van der Waals surface area contributed by atoms with E-state index in [-0.39, 0.29) is 31.6 Å². The van der Waals surface area contributed by atoms with E-state index >= 15 is 0 Å². The molecule has 0 fully saturated rings. The molecule has 2 aromatic rings. The third-order valence-electron chi connectivity index (χ3n) is 4.79. The van der Waals surface area contributed by atoms with E-state index in [2.05, 4.69) is 15.7 Å². The first kappa shape index (κ1) is 25.2. The van der Waals surface area contributed by atoms with Gasteiger partial charge in [-0.3, -0.25) is 19.1 Å². The third-order valence-corrected chi connectivity index (χ3v) is 4.79. The Balaban J connectivity index is 2.22. The van der Waals surface area contributed by atoms with Gasteiger partial charge in [0.1, 0.15) is 6.04 Å². The van der Waals surface area contributed by atoms with Crippen molar-refractivity contribution in [2.75, 3.05) is 6.54 Å². The first-order valence-corrected chi connectivity index (χ1v) is 10.2. The SMILES string of the molecule is CC(C)(C)C(NC(=O)c1nn(CCCCC(F)(F)F)c2ccccc12)C(=O)NCC(N)=O. The number of nitrogens with zero attached hydrogens (tertiary/aromatic N) is 2. The zero-order valence-corrected chi connectivity index (χ0v) is 18.3. The molecule has 0 radical (unpaired) electrons. The van der Waals surface area contributed by atoms with Crippen molar-refractivity contribution in [1.29, 1.82) is 0 Å². The smallest absolute Gasteiger partial charge is 0.368 e. The molecule has 1 heterocycles. The minimum atomic E-state index is -4.21. The number of aromatic nitrogens is 2. The summed E-state index contributed by atoms with van der Waals surface area (Å²) < 4.78 is 38.7. The highest BCUT2D eigenvalue weighted by atomic mass is 19.4. The Morgan fingerprint density at radius 2 is 1.78 bits per heavy atom. The summed E-state index contributed by atoms with van der Waals surface area (Å²) in [6, 6.07) is 5.89. The van der Waals surface area contributed by atoms with Crippen LogP contribution in [0.4, 0.5) is 13.2 Å². The van der Waals surface area contributed by atoms with E-state index in [9.17, 15) is 27.6 Å². The summed E-state index contributed by atoms with van der Waals surface area (Å²) in [7, 11) is 0. The Bertz CT molecular complexity index is 979. The minimum absolute atomic E-state index is 0.0502. The van der Waals surface area contributed by atoms with Crippen molar-refractivity contribution in [3.05, 3.63) is 30.0 Å². The summed E-state index contributed by atoms with van der Waals surface area (Å²) in [5.74, 6) is -1.89. The first-order chi connectivity index (χ1) is 14.8. The molecule has 11 heteroatoms. The van der Waals surface area contributed by atoms with Crippen LogP contribution in [-0.4, -0.2) is 46.3 Å². The highest BCUT2D eigenvalue weighted by Gasteiger charge is 2.34. The lowest BCUT2D eigenvalue weighted by Gasteiger charge is -2.30. The summed E-state index contributed by atoms with van der Waals surface area (Å²) in [6.45, 7) is 5.10. The van der Waals surface area contributed by atoms with Gasteiger partial charge in [-0.15, -0.1) is 0 Å². The van der Waals surface area contributed by atoms with Gasteiger partial charge in [0.15, 0.2) is 5.69 Å². The van der Waals surface area contributed by atoms with Crippen molar-refractivity contribution < 1.29 is 27.6 Å². The number of benzene rings is 1. The van der Waals surface area contributed by atoms with Gasteiger partial charge >= 0.3 is 6.18 Å². The van der Waals surface area contributed by atoms with Crippen molar-refractivity contribution in [3.63, 3.8) is 0 Å². The molecule has 0 aliphatic carbocycles. The van der Waals surface area contributed by atoms with E-state index in [1.54, 1.807) is 45.0 Å².